The molecule has 0 bridgehead atoms. The lowest BCUT2D eigenvalue weighted by Crippen LogP contribution is -2.37. The van der Waals surface area contributed by atoms with Gasteiger partial charge in [0.25, 0.3) is 0 Å². The number of anilines is 1. The van der Waals surface area contributed by atoms with Gasteiger partial charge in [-0.1, -0.05) is 0 Å². The molecular formula is C15H18N4OS. The molecule has 5 nitrogen and oxygen atoms in total. The highest BCUT2D eigenvalue weighted by Crippen LogP contribution is 2.39. The Morgan fingerprint density at radius 2 is 2.29 bits per heavy atom. The summed E-state index contributed by atoms with van der Waals surface area (Å²) in [5.74, 6) is 0.838. The number of carbonyl (C=O) groups excluding carboxylic acids is 1. The number of nitrogens with zero attached hydrogens (tertiary/aromatic N) is 2. The summed E-state index contributed by atoms with van der Waals surface area (Å²) in [5, 5.41) is 7.41. The van der Waals surface area contributed by atoms with Crippen molar-refractivity contribution in [3.63, 3.8) is 0 Å². The molecule has 2 aliphatic rings. The fraction of sp³-hybridized carbons (Fsp3) is 0.533. The molecule has 1 fully saturated rings. The normalized spacial score (nSPS) is 21.4. The van der Waals surface area contributed by atoms with Crippen molar-refractivity contribution in [3.8, 4) is 0 Å². The van der Waals surface area contributed by atoms with Crippen LogP contribution in [0, 0.1) is 5.92 Å². The zero-order valence-electron chi connectivity index (χ0n) is 11.8. The Morgan fingerprint density at radius 3 is 3.14 bits per heavy atom. The van der Waals surface area contributed by atoms with Crippen molar-refractivity contribution in [2.75, 3.05) is 18.4 Å². The van der Waals surface area contributed by atoms with Crippen molar-refractivity contribution < 1.29 is 4.79 Å². The summed E-state index contributed by atoms with van der Waals surface area (Å²) in [7, 11) is 0. The molecule has 2 N–H and O–H groups in total. The number of rotatable bonds is 2. The van der Waals surface area contributed by atoms with Crippen LogP contribution in [0.3, 0.4) is 0 Å². The van der Waals surface area contributed by atoms with Gasteiger partial charge >= 0.3 is 0 Å². The van der Waals surface area contributed by atoms with Crippen molar-refractivity contribution in [2.45, 2.75) is 32.1 Å². The molecule has 0 radical (unpaired) electrons. The molecule has 2 aromatic rings. The number of amides is 1. The third-order valence-corrected chi connectivity index (χ3v) is 5.61. The third kappa shape index (κ3) is 2.32. The number of hydrogen-bond donors (Lipinski definition) is 2. The molecule has 0 saturated carbocycles. The highest BCUT2D eigenvalue weighted by atomic mass is 32.1. The molecule has 3 heterocycles. The van der Waals surface area contributed by atoms with E-state index in [1.807, 2.05) is 0 Å². The molecular weight excluding hydrogens is 284 g/mol. The Balaban J connectivity index is 1.65. The van der Waals surface area contributed by atoms with E-state index < -0.39 is 0 Å². The zero-order chi connectivity index (χ0) is 14.2. The van der Waals surface area contributed by atoms with Crippen molar-refractivity contribution in [1.29, 1.82) is 0 Å². The Bertz CT molecular complexity index is 690. The SMILES string of the molecule is O=C(Nc1ncnc2sc3c(c12)CCC3)C1CCCNC1. The van der Waals surface area contributed by atoms with Crippen LogP contribution in [0.25, 0.3) is 10.2 Å². The summed E-state index contributed by atoms with van der Waals surface area (Å²) < 4.78 is 0. The predicted octanol–water partition coefficient (Wildman–Crippen LogP) is 2.12. The van der Waals surface area contributed by atoms with E-state index in [0.29, 0.717) is 5.82 Å². The molecule has 1 aliphatic heterocycles. The van der Waals surface area contributed by atoms with Crippen LogP contribution < -0.4 is 10.6 Å². The van der Waals surface area contributed by atoms with Gasteiger partial charge in [0.05, 0.1) is 11.3 Å². The van der Waals surface area contributed by atoms with Crippen LogP contribution in [0.15, 0.2) is 6.33 Å². The summed E-state index contributed by atoms with van der Waals surface area (Å²) in [6.45, 7) is 1.78. The number of aryl methyl sites for hydroxylation is 2. The lowest BCUT2D eigenvalue weighted by molar-refractivity contribution is -0.120. The first-order valence-corrected chi connectivity index (χ1v) is 8.41. The fourth-order valence-electron chi connectivity index (χ4n) is 3.32. The summed E-state index contributed by atoms with van der Waals surface area (Å²) in [4.78, 5) is 23.6. The Morgan fingerprint density at radius 1 is 1.33 bits per heavy atom. The van der Waals surface area contributed by atoms with Crippen LogP contribution in [-0.4, -0.2) is 29.0 Å². The maximum atomic E-state index is 12.4. The zero-order valence-corrected chi connectivity index (χ0v) is 12.6. The lowest BCUT2D eigenvalue weighted by atomic mass is 9.99. The molecule has 110 valence electrons. The number of fused-ring (bicyclic) bond motifs is 3. The second-order valence-electron chi connectivity index (χ2n) is 5.79. The van der Waals surface area contributed by atoms with E-state index in [1.54, 1.807) is 17.7 Å². The van der Waals surface area contributed by atoms with Crippen LogP contribution in [-0.2, 0) is 17.6 Å². The van der Waals surface area contributed by atoms with E-state index in [2.05, 4.69) is 20.6 Å². The van der Waals surface area contributed by atoms with Crippen molar-refractivity contribution in [3.05, 3.63) is 16.8 Å². The largest absolute Gasteiger partial charge is 0.316 e. The van der Waals surface area contributed by atoms with E-state index in [1.165, 1.54) is 16.9 Å². The number of aromatic nitrogens is 2. The van der Waals surface area contributed by atoms with Gasteiger partial charge in [-0.3, -0.25) is 4.79 Å². The first-order valence-electron chi connectivity index (χ1n) is 7.60. The molecule has 2 aromatic heterocycles. The highest BCUT2D eigenvalue weighted by Gasteiger charge is 2.25. The Labute approximate surface area is 127 Å². The molecule has 1 atom stereocenters. The van der Waals surface area contributed by atoms with Gasteiger partial charge in [0.1, 0.15) is 17.0 Å². The van der Waals surface area contributed by atoms with Crippen molar-refractivity contribution in [1.82, 2.24) is 15.3 Å². The number of piperidine rings is 1. The summed E-state index contributed by atoms with van der Waals surface area (Å²) >= 11 is 1.75. The number of carbonyl (C=O) groups is 1. The van der Waals surface area contributed by atoms with Crippen molar-refractivity contribution in [2.24, 2.45) is 5.92 Å². The van der Waals surface area contributed by atoms with Gasteiger partial charge in [-0.2, -0.15) is 0 Å². The average Bonchev–Trinajstić information content (AvgIpc) is 3.09. The van der Waals surface area contributed by atoms with Gasteiger partial charge < -0.3 is 10.6 Å². The summed E-state index contributed by atoms with van der Waals surface area (Å²) in [6, 6.07) is 0. The van der Waals surface area contributed by atoms with Gasteiger partial charge in [0, 0.05) is 11.4 Å². The van der Waals surface area contributed by atoms with E-state index in [-0.39, 0.29) is 11.8 Å². The molecule has 1 saturated heterocycles. The van der Waals surface area contributed by atoms with Crippen LogP contribution in [0.4, 0.5) is 5.82 Å². The standard InChI is InChI=1S/C15H18N4OS/c20-14(9-3-2-6-16-7-9)19-13-12-10-4-1-5-11(10)21-15(12)18-8-17-13/h8-9,16H,1-7H2,(H,17,18,19,20). The summed E-state index contributed by atoms with van der Waals surface area (Å²) in [6.07, 6.45) is 6.99. The highest BCUT2D eigenvalue weighted by molar-refractivity contribution is 7.19. The first-order chi connectivity index (χ1) is 10.3. The molecule has 0 aromatic carbocycles. The third-order valence-electron chi connectivity index (χ3n) is 4.41. The maximum Gasteiger partial charge on any atom is 0.229 e. The van der Waals surface area contributed by atoms with E-state index >= 15 is 0 Å². The Kier molecular flexibility index (Phi) is 3.35. The second-order valence-corrected chi connectivity index (χ2v) is 6.88. The summed E-state index contributed by atoms with van der Waals surface area (Å²) in [5.41, 5.74) is 1.35. The minimum absolute atomic E-state index is 0.0513. The average molecular weight is 302 g/mol. The van der Waals surface area contributed by atoms with Gasteiger partial charge in [-0.15, -0.1) is 11.3 Å². The van der Waals surface area contributed by atoms with Crippen molar-refractivity contribution >= 4 is 33.3 Å². The smallest absolute Gasteiger partial charge is 0.229 e. The fourth-order valence-corrected chi connectivity index (χ4v) is 4.55. The van der Waals surface area contributed by atoms with E-state index in [0.717, 1.165) is 49.0 Å². The van der Waals surface area contributed by atoms with Crippen LogP contribution in [0.2, 0.25) is 0 Å². The number of hydrogen-bond acceptors (Lipinski definition) is 5. The minimum atomic E-state index is 0.0513. The minimum Gasteiger partial charge on any atom is -0.316 e. The van der Waals surface area contributed by atoms with Crippen LogP contribution >= 0.6 is 11.3 Å². The number of thiophene rings is 1. The van der Waals surface area contributed by atoms with Gasteiger partial charge in [-0.05, 0) is 44.2 Å². The topological polar surface area (TPSA) is 66.9 Å². The van der Waals surface area contributed by atoms with Gasteiger partial charge in [-0.25, -0.2) is 9.97 Å². The first kappa shape index (κ1) is 13.2. The quantitative estimate of drug-likeness (QED) is 0.892. The predicted molar refractivity (Wildman–Crippen MR) is 83.7 cm³/mol. The molecule has 6 heteroatoms. The molecule has 0 spiro atoms. The second kappa shape index (κ2) is 5.35. The van der Waals surface area contributed by atoms with E-state index in [9.17, 15) is 4.79 Å². The van der Waals surface area contributed by atoms with Gasteiger partial charge in [0.2, 0.25) is 5.91 Å². The van der Waals surface area contributed by atoms with Gasteiger partial charge in [0.15, 0.2) is 0 Å². The lowest BCUT2D eigenvalue weighted by Gasteiger charge is -2.21. The molecule has 4 rings (SSSR count). The molecule has 21 heavy (non-hydrogen) atoms. The number of nitrogens with one attached hydrogen (secondary N) is 2. The Hall–Kier alpha value is -1.53. The van der Waals surface area contributed by atoms with Crippen LogP contribution in [0.1, 0.15) is 29.7 Å². The van der Waals surface area contributed by atoms with Crippen LogP contribution in [0.5, 0.6) is 0 Å². The maximum absolute atomic E-state index is 12.4. The van der Waals surface area contributed by atoms with E-state index in [4.69, 9.17) is 0 Å². The monoisotopic (exact) mass is 302 g/mol. The molecule has 1 unspecified atom stereocenters. The molecule has 1 amide bonds. The molecule has 1 aliphatic carbocycles.